The lowest BCUT2D eigenvalue weighted by Crippen LogP contribution is -2.43. The lowest BCUT2D eigenvalue weighted by molar-refractivity contribution is -0.122. The van der Waals surface area contributed by atoms with Crippen molar-refractivity contribution in [3.8, 4) is 0 Å². The number of anilines is 1. The van der Waals surface area contributed by atoms with Crippen molar-refractivity contribution in [3.05, 3.63) is 11.4 Å². The quantitative estimate of drug-likeness (QED) is 0.840. The first kappa shape index (κ1) is 13.4. The fourth-order valence-corrected chi connectivity index (χ4v) is 3.50. The molecule has 3 rings (SSSR count). The Kier molecular flexibility index (Phi) is 3.41. The highest BCUT2D eigenvalue weighted by atomic mass is 16.2. The van der Waals surface area contributed by atoms with Crippen LogP contribution in [0.25, 0.3) is 0 Å². The minimum absolute atomic E-state index is 0.0364. The molecule has 1 aromatic rings. The average Bonchev–Trinajstić information content (AvgIpc) is 3.05. The van der Waals surface area contributed by atoms with Crippen LogP contribution in [0, 0.1) is 13.8 Å². The van der Waals surface area contributed by atoms with Crippen LogP contribution in [-0.4, -0.2) is 45.8 Å². The molecule has 2 unspecified atom stereocenters. The molecule has 6 nitrogen and oxygen atoms in total. The summed E-state index contributed by atoms with van der Waals surface area (Å²) in [6, 6.07) is 0.851. The van der Waals surface area contributed by atoms with Crippen molar-refractivity contribution in [1.29, 1.82) is 0 Å². The van der Waals surface area contributed by atoms with Gasteiger partial charge < -0.3 is 11.1 Å². The number of hydrogen-bond acceptors (Lipinski definition) is 4. The summed E-state index contributed by atoms with van der Waals surface area (Å²) in [5, 5.41) is 7.48. The van der Waals surface area contributed by atoms with E-state index >= 15 is 0 Å². The van der Waals surface area contributed by atoms with Gasteiger partial charge in [0.05, 0.1) is 17.1 Å². The van der Waals surface area contributed by atoms with Crippen molar-refractivity contribution in [1.82, 2.24) is 20.0 Å². The maximum atomic E-state index is 12.2. The van der Waals surface area contributed by atoms with Crippen LogP contribution in [0.4, 0.5) is 5.69 Å². The summed E-state index contributed by atoms with van der Waals surface area (Å²) in [5.41, 5.74) is 8.23. The van der Waals surface area contributed by atoms with Gasteiger partial charge in [0.2, 0.25) is 5.91 Å². The van der Waals surface area contributed by atoms with Gasteiger partial charge in [-0.15, -0.1) is 0 Å². The molecule has 0 spiro atoms. The lowest BCUT2D eigenvalue weighted by Gasteiger charge is -2.21. The number of carbonyl (C=O) groups excluding carboxylic acids is 1. The van der Waals surface area contributed by atoms with E-state index in [4.69, 9.17) is 5.73 Å². The van der Waals surface area contributed by atoms with Crippen LogP contribution in [0.3, 0.4) is 0 Å². The molecule has 6 heteroatoms. The number of rotatable bonds is 3. The highest BCUT2D eigenvalue weighted by Crippen LogP contribution is 2.27. The Morgan fingerprint density at radius 3 is 2.90 bits per heavy atom. The monoisotopic (exact) mass is 277 g/mol. The fourth-order valence-electron chi connectivity index (χ4n) is 3.50. The summed E-state index contributed by atoms with van der Waals surface area (Å²) in [7, 11) is 0. The Hall–Kier alpha value is -1.56. The summed E-state index contributed by atoms with van der Waals surface area (Å²) >= 11 is 0. The number of nitrogens with one attached hydrogen (secondary N) is 1. The molecular formula is C14H23N5O. The Labute approximate surface area is 119 Å². The summed E-state index contributed by atoms with van der Waals surface area (Å²) in [6.07, 6.45) is 3.53. The molecule has 0 bridgehead atoms. The van der Waals surface area contributed by atoms with Crippen LogP contribution < -0.4 is 11.1 Å². The highest BCUT2D eigenvalue weighted by Gasteiger charge is 2.37. The van der Waals surface area contributed by atoms with Gasteiger partial charge >= 0.3 is 0 Å². The van der Waals surface area contributed by atoms with Crippen LogP contribution in [0.15, 0.2) is 0 Å². The molecule has 0 aromatic carbocycles. The number of hydrogen-bond donors (Lipinski definition) is 2. The summed E-state index contributed by atoms with van der Waals surface area (Å²) in [6.45, 7) is 6.32. The molecule has 2 aliphatic heterocycles. The van der Waals surface area contributed by atoms with Gasteiger partial charge in [-0.2, -0.15) is 5.10 Å². The minimum Gasteiger partial charge on any atom is -0.396 e. The molecule has 1 aromatic heterocycles. The van der Waals surface area contributed by atoms with Crippen molar-refractivity contribution in [2.24, 2.45) is 0 Å². The zero-order chi connectivity index (χ0) is 14.3. The van der Waals surface area contributed by atoms with E-state index in [0.29, 0.717) is 17.8 Å². The van der Waals surface area contributed by atoms with Gasteiger partial charge in [-0.1, -0.05) is 0 Å². The first-order chi connectivity index (χ1) is 9.56. The molecule has 20 heavy (non-hydrogen) atoms. The Morgan fingerprint density at radius 1 is 1.40 bits per heavy atom. The number of nitrogens with two attached hydrogens (primary N) is 1. The second-order valence-corrected chi connectivity index (χ2v) is 5.95. The third-order valence-electron chi connectivity index (χ3n) is 4.68. The third-order valence-corrected chi connectivity index (χ3v) is 4.68. The zero-order valence-electron chi connectivity index (χ0n) is 12.2. The van der Waals surface area contributed by atoms with E-state index in [1.165, 1.54) is 19.4 Å². The van der Waals surface area contributed by atoms with Crippen molar-refractivity contribution >= 4 is 11.6 Å². The Bertz CT molecular complexity index is 524. The molecule has 2 saturated heterocycles. The lowest BCUT2D eigenvalue weighted by atomic mass is 10.1. The third kappa shape index (κ3) is 2.28. The van der Waals surface area contributed by atoms with E-state index in [9.17, 15) is 4.79 Å². The van der Waals surface area contributed by atoms with Gasteiger partial charge in [0, 0.05) is 18.6 Å². The molecule has 2 atom stereocenters. The van der Waals surface area contributed by atoms with Gasteiger partial charge in [-0.05, 0) is 39.7 Å². The van der Waals surface area contributed by atoms with Crippen LogP contribution in [0.5, 0.6) is 0 Å². The number of aryl methyl sites for hydroxylation is 1. The normalized spacial score (nSPS) is 25.9. The van der Waals surface area contributed by atoms with Crippen molar-refractivity contribution < 1.29 is 4.79 Å². The first-order valence-electron chi connectivity index (χ1n) is 7.39. The van der Waals surface area contributed by atoms with Gasteiger partial charge in [0.15, 0.2) is 0 Å². The van der Waals surface area contributed by atoms with E-state index in [2.05, 4.69) is 15.3 Å². The smallest absolute Gasteiger partial charge is 0.242 e. The number of fused-ring (bicyclic) bond motifs is 1. The molecule has 3 N–H and O–H groups in total. The number of nitrogen functional groups attached to an aromatic ring is 1. The second-order valence-electron chi connectivity index (χ2n) is 5.95. The molecule has 0 aliphatic carbocycles. The van der Waals surface area contributed by atoms with Crippen molar-refractivity contribution in [2.45, 2.75) is 51.7 Å². The number of aromatic nitrogens is 2. The second kappa shape index (κ2) is 5.09. The summed E-state index contributed by atoms with van der Waals surface area (Å²) < 4.78 is 1.70. The van der Waals surface area contributed by atoms with Crippen LogP contribution in [0.1, 0.15) is 30.7 Å². The van der Waals surface area contributed by atoms with E-state index in [0.717, 1.165) is 24.4 Å². The van der Waals surface area contributed by atoms with Gasteiger partial charge in [0.1, 0.15) is 6.54 Å². The van der Waals surface area contributed by atoms with E-state index < -0.39 is 0 Å². The number of carbonyl (C=O) groups is 1. The van der Waals surface area contributed by atoms with Crippen LogP contribution in [-0.2, 0) is 11.3 Å². The molecule has 0 saturated carbocycles. The molecule has 1 amide bonds. The molecule has 0 radical (unpaired) electrons. The van der Waals surface area contributed by atoms with Gasteiger partial charge in [-0.25, -0.2) is 0 Å². The largest absolute Gasteiger partial charge is 0.396 e. The molecular weight excluding hydrogens is 254 g/mol. The summed E-state index contributed by atoms with van der Waals surface area (Å²) in [5.74, 6) is 0.0364. The zero-order valence-corrected chi connectivity index (χ0v) is 12.2. The van der Waals surface area contributed by atoms with E-state index in [-0.39, 0.29) is 12.5 Å². The highest BCUT2D eigenvalue weighted by molar-refractivity contribution is 5.76. The maximum Gasteiger partial charge on any atom is 0.242 e. The van der Waals surface area contributed by atoms with Crippen molar-refractivity contribution in [2.75, 3.05) is 18.8 Å². The minimum atomic E-state index is 0.0364. The maximum absolute atomic E-state index is 12.2. The fraction of sp³-hybridized carbons (Fsp3) is 0.714. The van der Waals surface area contributed by atoms with Crippen molar-refractivity contribution in [3.63, 3.8) is 0 Å². The molecule has 3 heterocycles. The predicted octanol–water partition coefficient (Wildman–Crippen LogP) is 0.435. The predicted molar refractivity (Wildman–Crippen MR) is 77.3 cm³/mol. The number of nitrogens with zero attached hydrogens (tertiary/aromatic N) is 3. The average molecular weight is 277 g/mol. The standard InChI is InChI=1S/C14H23N5O/c1-9-14(15)10(2)19(17-9)8-13(20)16-11-5-7-18-6-3-4-12(11)18/h11-12H,3-8,15H2,1-2H3,(H,16,20). The van der Waals surface area contributed by atoms with E-state index in [1.54, 1.807) is 4.68 Å². The summed E-state index contributed by atoms with van der Waals surface area (Å²) in [4.78, 5) is 14.7. The van der Waals surface area contributed by atoms with E-state index in [1.807, 2.05) is 13.8 Å². The topological polar surface area (TPSA) is 76.2 Å². The SMILES string of the molecule is Cc1nn(CC(=O)NC2CCN3CCCC23)c(C)c1N. The molecule has 2 fully saturated rings. The first-order valence-corrected chi connectivity index (χ1v) is 7.39. The van der Waals surface area contributed by atoms with Crippen LogP contribution >= 0.6 is 0 Å². The van der Waals surface area contributed by atoms with Gasteiger partial charge in [0.25, 0.3) is 0 Å². The Balaban J connectivity index is 1.61. The molecule has 2 aliphatic rings. The van der Waals surface area contributed by atoms with Gasteiger partial charge in [-0.3, -0.25) is 14.4 Å². The molecule has 110 valence electrons. The van der Waals surface area contributed by atoms with Crippen LogP contribution in [0.2, 0.25) is 0 Å². The number of amides is 1. The Morgan fingerprint density at radius 2 is 2.20 bits per heavy atom.